The van der Waals surface area contributed by atoms with Crippen molar-refractivity contribution in [3.05, 3.63) is 45.9 Å². The number of hydrogen-bond acceptors (Lipinski definition) is 5. The minimum atomic E-state index is -0.189. The number of aromatic nitrogens is 2. The van der Waals surface area contributed by atoms with E-state index in [1.165, 1.54) is 35.8 Å². The van der Waals surface area contributed by atoms with Gasteiger partial charge in [-0.05, 0) is 43.5 Å². The van der Waals surface area contributed by atoms with Crippen LogP contribution in [0.2, 0.25) is 0 Å². The van der Waals surface area contributed by atoms with E-state index in [1.807, 2.05) is 18.4 Å². The Morgan fingerprint density at radius 3 is 2.96 bits per heavy atom. The predicted octanol–water partition coefficient (Wildman–Crippen LogP) is 5.06. The molecule has 0 aliphatic heterocycles. The third-order valence-corrected chi connectivity index (χ3v) is 5.27. The zero-order valence-corrected chi connectivity index (χ0v) is 15.3. The van der Waals surface area contributed by atoms with Gasteiger partial charge in [0.15, 0.2) is 5.13 Å². The fourth-order valence-corrected chi connectivity index (χ4v) is 3.84. The van der Waals surface area contributed by atoms with Crippen LogP contribution >= 0.6 is 22.7 Å². The molecular weight excluding hydrogens is 338 g/mol. The smallest absolute Gasteiger partial charge is 0.250 e. The van der Waals surface area contributed by atoms with Gasteiger partial charge in [0.05, 0.1) is 20.9 Å². The van der Waals surface area contributed by atoms with Crippen molar-refractivity contribution in [2.45, 2.75) is 33.1 Å². The Morgan fingerprint density at radius 1 is 1.33 bits per heavy atom. The van der Waals surface area contributed by atoms with Gasteiger partial charge in [-0.3, -0.25) is 10.1 Å². The highest BCUT2D eigenvalue weighted by Crippen LogP contribution is 2.27. The molecule has 0 saturated heterocycles. The largest absolute Gasteiger partial charge is 0.298 e. The van der Waals surface area contributed by atoms with Crippen molar-refractivity contribution in [1.29, 1.82) is 0 Å². The lowest BCUT2D eigenvalue weighted by atomic mass is 10.1. The van der Waals surface area contributed by atoms with Crippen molar-refractivity contribution in [3.8, 4) is 0 Å². The number of nitrogens with one attached hydrogen (secondary N) is 1. The number of nitrogens with zero attached hydrogens (tertiary/aromatic N) is 2. The average Bonchev–Trinajstić information content (AvgIpc) is 3.15. The summed E-state index contributed by atoms with van der Waals surface area (Å²) < 4.78 is 1.11. The lowest BCUT2D eigenvalue weighted by Gasteiger charge is -1.98. The van der Waals surface area contributed by atoms with E-state index in [-0.39, 0.29) is 5.91 Å². The maximum Gasteiger partial charge on any atom is 0.250 e. The first-order valence-corrected chi connectivity index (χ1v) is 9.64. The van der Waals surface area contributed by atoms with E-state index in [4.69, 9.17) is 0 Å². The third-order valence-electron chi connectivity index (χ3n) is 3.54. The van der Waals surface area contributed by atoms with Gasteiger partial charge in [-0.25, -0.2) is 9.97 Å². The molecule has 0 unspecified atom stereocenters. The molecule has 2 heterocycles. The second-order valence-corrected chi connectivity index (χ2v) is 7.63. The molecule has 0 radical (unpaired) electrons. The summed E-state index contributed by atoms with van der Waals surface area (Å²) in [7, 11) is 0. The first-order valence-electron chi connectivity index (χ1n) is 7.94. The number of carbonyl (C=O) groups is 1. The molecule has 24 heavy (non-hydrogen) atoms. The molecule has 1 aromatic carbocycles. The molecule has 6 heteroatoms. The van der Waals surface area contributed by atoms with Gasteiger partial charge >= 0.3 is 0 Å². The number of fused-ring (bicyclic) bond motifs is 1. The predicted molar refractivity (Wildman–Crippen MR) is 103 cm³/mol. The first-order chi connectivity index (χ1) is 11.6. The number of unbranched alkanes of at least 4 members (excludes halogenated alkanes) is 1. The van der Waals surface area contributed by atoms with Crippen LogP contribution in [0.5, 0.6) is 0 Å². The van der Waals surface area contributed by atoms with Gasteiger partial charge in [-0.2, -0.15) is 0 Å². The molecule has 0 aliphatic carbocycles. The molecule has 0 bridgehead atoms. The maximum absolute atomic E-state index is 12.0. The SMILES string of the molecule is CCCCc1ccc2nc(NC(=O)/C=C/c3csc(C)n3)sc2c1. The Kier molecular flexibility index (Phi) is 5.37. The van der Waals surface area contributed by atoms with Crippen LogP contribution in [-0.2, 0) is 11.2 Å². The van der Waals surface area contributed by atoms with E-state index in [9.17, 15) is 4.79 Å². The number of anilines is 1. The third kappa shape index (κ3) is 4.27. The summed E-state index contributed by atoms with van der Waals surface area (Å²) >= 11 is 3.07. The average molecular weight is 358 g/mol. The van der Waals surface area contributed by atoms with Crippen molar-refractivity contribution in [3.63, 3.8) is 0 Å². The Morgan fingerprint density at radius 2 is 2.21 bits per heavy atom. The fraction of sp³-hybridized carbons (Fsp3) is 0.278. The molecule has 0 saturated carbocycles. The quantitative estimate of drug-likeness (QED) is 0.628. The van der Waals surface area contributed by atoms with Crippen molar-refractivity contribution in [2.75, 3.05) is 5.32 Å². The topological polar surface area (TPSA) is 54.9 Å². The number of benzene rings is 1. The Labute approximate surface area is 149 Å². The molecule has 0 atom stereocenters. The molecule has 0 spiro atoms. The molecule has 1 amide bonds. The highest BCUT2D eigenvalue weighted by Gasteiger charge is 2.07. The summed E-state index contributed by atoms with van der Waals surface area (Å²) in [5.41, 5.74) is 3.05. The minimum Gasteiger partial charge on any atom is -0.298 e. The lowest BCUT2D eigenvalue weighted by Crippen LogP contribution is -2.07. The normalized spacial score (nSPS) is 11.4. The van der Waals surface area contributed by atoms with E-state index in [0.717, 1.165) is 27.3 Å². The van der Waals surface area contributed by atoms with E-state index >= 15 is 0 Å². The second-order valence-electron chi connectivity index (χ2n) is 5.54. The van der Waals surface area contributed by atoms with E-state index in [1.54, 1.807) is 17.4 Å². The van der Waals surface area contributed by atoms with Crippen LogP contribution in [0.3, 0.4) is 0 Å². The minimum absolute atomic E-state index is 0.189. The van der Waals surface area contributed by atoms with Gasteiger partial charge in [0.1, 0.15) is 0 Å². The highest BCUT2D eigenvalue weighted by atomic mass is 32.1. The van der Waals surface area contributed by atoms with E-state index in [2.05, 4.69) is 34.3 Å². The van der Waals surface area contributed by atoms with Crippen LogP contribution in [0.1, 0.15) is 36.0 Å². The van der Waals surface area contributed by atoms with Crippen LogP contribution in [0.4, 0.5) is 5.13 Å². The summed E-state index contributed by atoms with van der Waals surface area (Å²) in [5, 5.41) is 6.37. The summed E-state index contributed by atoms with van der Waals surface area (Å²) in [4.78, 5) is 20.8. The Hall–Kier alpha value is -2.05. The Bertz CT molecular complexity index is 879. The molecule has 1 N–H and O–H groups in total. The number of aryl methyl sites for hydroxylation is 2. The van der Waals surface area contributed by atoms with Gasteiger partial charge in [0.2, 0.25) is 5.91 Å². The fourth-order valence-electron chi connectivity index (χ4n) is 2.32. The van der Waals surface area contributed by atoms with E-state index < -0.39 is 0 Å². The monoisotopic (exact) mass is 357 g/mol. The standard InChI is InChI=1S/C18H19N3OS2/c1-3-4-5-13-6-8-15-16(10-13)24-18(20-15)21-17(22)9-7-14-11-23-12(2)19-14/h6-11H,3-5H2,1-2H3,(H,20,21,22)/b9-7+. The molecule has 124 valence electrons. The van der Waals surface area contributed by atoms with Gasteiger partial charge < -0.3 is 0 Å². The van der Waals surface area contributed by atoms with Crippen LogP contribution in [0.15, 0.2) is 29.7 Å². The highest BCUT2D eigenvalue weighted by molar-refractivity contribution is 7.22. The van der Waals surface area contributed by atoms with Crippen molar-refractivity contribution < 1.29 is 4.79 Å². The van der Waals surface area contributed by atoms with Crippen molar-refractivity contribution in [1.82, 2.24) is 9.97 Å². The van der Waals surface area contributed by atoms with E-state index in [0.29, 0.717) is 5.13 Å². The van der Waals surface area contributed by atoms with Crippen LogP contribution < -0.4 is 5.32 Å². The summed E-state index contributed by atoms with van der Waals surface area (Å²) in [5.74, 6) is -0.189. The molecule has 0 aliphatic rings. The Balaban J connectivity index is 1.68. The van der Waals surface area contributed by atoms with Crippen molar-refractivity contribution >= 4 is 50.0 Å². The number of amides is 1. The van der Waals surface area contributed by atoms with Gasteiger partial charge in [0.25, 0.3) is 0 Å². The maximum atomic E-state index is 12.0. The zero-order chi connectivity index (χ0) is 16.9. The van der Waals surface area contributed by atoms with Crippen LogP contribution in [0, 0.1) is 6.92 Å². The number of carbonyl (C=O) groups excluding carboxylic acids is 1. The molecule has 3 rings (SSSR count). The zero-order valence-electron chi connectivity index (χ0n) is 13.7. The number of rotatable bonds is 6. The summed E-state index contributed by atoms with van der Waals surface area (Å²) in [6.07, 6.45) is 6.67. The lowest BCUT2D eigenvalue weighted by molar-refractivity contribution is -0.111. The van der Waals surface area contributed by atoms with Crippen LogP contribution in [-0.4, -0.2) is 15.9 Å². The molecule has 0 fully saturated rings. The first kappa shape index (κ1) is 16.8. The second kappa shape index (κ2) is 7.68. The number of hydrogen-bond donors (Lipinski definition) is 1. The molecule has 4 nitrogen and oxygen atoms in total. The van der Waals surface area contributed by atoms with Crippen LogP contribution in [0.25, 0.3) is 16.3 Å². The molecule has 2 aromatic heterocycles. The number of thiazole rings is 2. The van der Waals surface area contributed by atoms with Gasteiger partial charge in [-0.15, -0.1) is 11.3 Å². The summed E-state index contributed by atoms with van der Waals surface area (Å²) in [6.45, 7) is 4.14. The molecule has 3 aromatic rings. The van der Waals surface area contributed by atoms with Crippen molar-refractivity contribution in [2.24, 2.45) is 0 Å². The van der Waals surface area contributed by atoms with Gasteiger partial charge in [0, 0.05) is 11.5 Å². The molecular formula is C18H19N3OS2. The summed E-state index contributed by atoms with van der Waals surface area (Å²) in [6, 6.07) is 6.32. The van der Waals surface area contributed by atoms with Gasteiger partial charge in [-0.1, -0.05) is 30.7 Å².